The average Bonchev–Trinajstić information content (AvgIpc) is 3.07. The second-order valence-electron chi connectivity index (χ2n) is 13.1. The number of esters is 1. The fourth-order valence-corrected chi connectivity index (χ4v) is 5.56. The lowest BCUT2D eigenvalue weighted by Crippen LogP contribution is -2.18. The van der Waals surface area contributed by atoms with Gasteiger partial charge in [0.05, 0.1) is 0 Å². The Morgan fingerprint density at radius 3 is 1.27 bits per heavy atom. The molecule has 0 bridgehead atoms. The van der Waals surface area contributed by atoms with Crippen LogP contribution in [0, 0.1) is 0 Å². The van der Waals surface area contributed by atoms with Crippen LogP contribution in [0.4, 0.5) is 0 Å². The van der Waals surface area contributed by atoms with Crippen LogP contribution in [-0.2, 0) is 14.3 Å². The summed E-state index contributed by atoms with van der Waals surface area (Å²) in [5, 5.41) is 8.95. The summed E-state index contributed by atoms with van der Waals surface area (Å²) in [7, 11) is 0. The normalized spacial score (nSPS) is 13.0. The zero-order valence-electron chi connectivity index (χ0n) is 31.3. The molecule has 0 aliphatic heterocycles. The van der Waals surface area contributed by atoms with E-state index in [2.05, 4.69) is 86.8 Å². The highest BCUT2D eigenvalue weighted by Crippen LogP contribution is 2.18. The van der Waals surface area contributed by atoms with Crippen molar-refractivity contribution in [2.24, 2.45) is 0 Å². The molecule has 48 heavy (non-hydrogen) atoms. The second-order valence-corrected chi connectivity index (χ2v) is 13.1. The van der Waals surface area contributed by atoms with Crippen molar-refractivity contribution in [1.29, 1.82) is 0 Å². The molecule has 0 fully saturated rings. The highest BCUT2D eigenvalue weighted by Gasteiger charge is 2.14. The standard InChI is InChI=1S/C44H74O4/c1-3-5-7-9-11-13-15-17-19-20-21-22-23-25-27-29-31-33-35-41-44(47)48-42(39-36-37-40-43(45)46)38-34-32-30-28-26-24-18-16-14-12-10-8-6-4-2/h5,7,11,13,17,19,21-22,25,27,31,33,42H,3-4,6,8-10,12,14-16,18,20,23-24,26,28-30,32,34-41H2,1-2H3,(H,45,46)/b7-5-,13-11-,19-17-,22-21-,27-25-,33-31-. The highest BCUT2D eigenvalue weighted by molar-refractivity contribution is 5.69. The van der Waals surface area contributed by atoms with Gasteiger partial charge in [0.1, 0.15) is 6.10 Å². The monoisotopic (exact) mass is 667 g/mol. The largest absolute Gasteiger partial charge is 0.481 e. The minimum Gasteiger partial charge on any atom is -0.481 e. The Hall–Kier alpha value is -2.62. The highest BCUT2D eigenvalue weighted by atomic mass is 16.5. The van der Waals surface area contributed by atoms with Crippen LogP contribution in [0.5, 0.6) is 0 Å². The minimum atomic E-state index is -0.758. The van der Waals surface area contributed by atoms with Gasteiger partial charge in [0, 0.05) is 12.8 Å². The van der Waals surface area contributed by atoms with Crippen molar-refractivity contribution in [3.63, 3.8) is 0 Å². The number of carbonyl (C=O) groups excluding carboxylic acids is 1. The summed E-state index contributed by atoms with van der Waals surface area (Å²) in [5.74, 6) is -0.894. The van der Waals surface area contributed by atoms with Gasteiger partial charge in [-0.2, -0.15) is 0 Å². The first kappa shape index (κ1) is 45.4. The van der Waals surface area contributed by atoms with Gasteiger partial charge in [-0.1, -0.05) is 170 Å². The number of hydrogen-bond donors (Lipinski definition) is 1. The number of ether oxygens (including phenoxy) is 1. The summed E-state index contributed by atoms with van der Waals surface area (Å²) in [6.07, 6.45) is 54.9. The molecule has 0 saturated heterocycles. The lowest BCUT2D eigenvalue weighted by molar-refractivity contribution is -0.150. The molecule has 274 valence electrons. The van der Waals surface area contributed by atoms with Crippen molar-refractivity contribution < 1.29 is 19.4 Å². The number of rotatable bonds is 35. The van der Waals surface area contributed by atoms with Gasteiger partial charge in [-0.25, -0.2) is 0 Å². The van der Waals surface area contributed by atoms with E-state index in [0.29, 0.717) is 19.3 Å². The fraction of sp³-hybridized carbons (Fsp3) is 0.682. The van der Waals surface area contributed by atoms with Gasteiger partial charge in [-0.05, 0) is 77.0 Å². The van der Waals surface area contributed by atoms with Gasteiger partial charge in [0.2, 0.25) is 0 Å². The number of aliphatic carboxylic acids is 1. The Morgan fingerprint density at radius 1 is 0.479 bits per heavy atom. The zero-order valence-corrected chi connectivity index (χ0v) is 31.3. The zero-order chi connectivity index (χ0) is 35.0. The summed E-state index contributed by atoms with van der Waals surface area (Å²) in [6, 6.07) is 0. The van der Waals surface area contributed by atoms with Crippen LogP contribution in [0.15, 0.2) is 72.9 Å². The maximum absolute atomic E-state index is 12.5. The summed E-state index contributed by atoms with van der Waals surface area (Å²) in [5.41, 5.74) is 0. The average molecular weight is 667 g/mol. The third-order valence-corrected chi connectivity index (χ3v) is 8.46. The van der Waals surface area contributed by atoms with E-state index in [-0.39, 0.29) is 18.5 Å². The third kappa shape index (κ3) is 37.8. The number of unbranched alkanes of at least 4 members (excludes halogenated alkanes) is 14. The Bertz CT molecular complexity index is 892. The number of carboxylic acid groups (broad SMARTS) is 1. The van der Waals surface area contributed by atoms with Crippen LogP contribution >= 0.6 is 0 Å². The van der Waals surface area contributed by atoms with Crippen molar-refractivity contribution in [1.82, 2.24) is 0 Å². The summed E-state index contributed by atoms with van der Waals surface area (Å²) in [6.45, 7) is 4.43. The molecule has 0 aromatic heterocycles. The SMILES string of the molecule is CC/C=C\C/C=C\C/C=C\C/C=C\C/C=C\C/C=C\CCC(=O)OC(CCCCCCCCCCCCCCCC)CCCCC(=O)O. The molecule has 0 heterocycles. The minimum absolute atomic E-state index is 0.0890. The molecule has 1 unspecified atom stereocenters. The molecule has 0 amide bonds. The van der Waals surface area contributed by atoms with Gasteiger partial charge < -0.3 is 9.84 Å². The quantitative estimate of drug-likeness (QED) is 0.0415. The van der Waals surface area contributed by atoms with E-state index < -0.39 is 5.97 Å². The predicted octanol–water partition coefficient (Wildman–Crippen LogP) is 13.9. The summed E-state index contributed by atoms with van der Waals surface area (Å²) in [4.78, 5) is 23.4. The lowest BCUT2D eigenvalue weighted by Gasteiger charge is -2.18. The number of hydrogen-bond acceptors (Lipinski definition) is 3. The van der Waals surface area contributed by atoms with Crippen LogP contribution in [0.3, 0.4) is 0 Å². The molecule has 0 aliphatic carbocycles. The van der Waals surface area contributed by atoms with E-state index in [0.717, 1.165) is 64.2 Å². The van der Waals surface area contributed by atoms with Crippen LogP contribution in [0.2, 0.25) is 0 Å². The van der Waals surface area contributed by atoms with Gasteiger partial charge in [0.15, 0.2) is 0 Å². The Kier molecular flexibility index (Phi) is 36.7. The third-order valence-electron chi connectivity index (χ3n) is 8.46. The fourth-order valence-electron chi connectivity index (χ4n) is 5.56. The Labute approximate surface area is 297 Å². The Morgan fingerprint density at radius 2 is 0.854 bits per heavy atom. The molecular weight excluding hydrogens is 592 g/mol. The smallest absolute Gasteiger partial charge is 0.306 e. The molecule has 4 heteroatoms. The maximum Gasteiger partial charge on any atom is 0.306 e. The molecule has 0 radical (unpaired) electrons. The van der Waals surface area contributed by atoms with Crippen LogP contribution < -0.4 is 0 Å². The van der Waals surface area contributed by atoms with Crippen molar-refractivity contribution in [3.8, 4) is 0 Å². The van der Waals surface area contributed by atoms with E-state index in [1.807, 2.05) is 0 Å². The van der Waals surface area contributed by atoms with Crippen molar-refractivity contribution in [3.05, 3.63) is 72.9 Å². The van der Waals surface area contributed by atoms with E-state index in [1.165, 1.54) is 83.5 Å². The lowest BCUT2D eigenvalue weighted by atomic mass is 10.0. The first-order valence-electron chi connectivity index (χ1n) is 19.9. The van der Waals surface area contributed by atoms with E-state index in [9.17, 15) is 9.59 Å². The molecule has 1 atom stereocenters. The summed E-state index contributed by atoms with van der Waals surface area (Å²) >= 11 is 0. The predicted molar refractivity (Wildman–Crippen MR) is 208 cm³/mol. The molecule has 0 spiro atoms. The van der Waals surface area contributed by atoms with Gasteiger partial charge >= 0.3 is 11.9 Å². The van der Waals surface area contributed by atoms with Crippen LogP contribution in [-0.4, -0.2) is 23.1 Å². The number of carbonyl (C=O) groups is 2. The molecule has 0 aliphatic rings. The van der Waals surface area contributed by atoms with Gasteiger partial charge in [0.25, 0.3) is 0 Å². The van der Waals surface area contributed by atoms with E-state index in [4.69, 9.17) is 9.84 Å². The van der Waals surface area contributed by atoms with Gasteiger partial charge in [-0.3, -0.25) is 9.59 Å². The van der Waals surface area contributed by atoms with E-state index in [1.54, 1.807) is 0 Å². The molecule has 0 aromatic carbocycles. The van der Waals surface area contributed by atoms with Crippen molar-refractivity contribution >= 4 is 11.9 Å². The Balaban J connectivity index is 4.05. The second kappa shape index (κ2) is 38.8. The summed E-state index contributed by atoms with van der Waals surface area (Å²) < 4.78 is 5.86. The number of carboxylic acids is 1. The molecular formula is C44H74O4. The molecule has 0 saturated carbocycles. The van der Waals surface area contributed by atoms with Crippen molar-refractivity contribution in [2.45, 2.75) is 193 Å². The van der Waals surface area contributed by atoms with Crippen LogP contribution in [0.25, 0.3) is 0 Å². The maximum atomic E-state index is 12.5. The van der Waals surface area contributed by atoms with Crippen LogP contribution in [0.1, 0.15) is 187 Å². The molecule has 0 aromatic rings. The molecule has 0 rings (SSSR count). The number of allylic oxidation sites excluding steroid dienone is 12. The first-order valence-corrected chi connectivity index (χ1v) is 19.9. The molecule has 4 nitrogen and oxygen atoms in total. The molecule has 1 N–H and O–H groups in total. The first-order chi connectivity index (χ1) is 23.6. The van der Waals surface area contributed by atoms with Gasteiger partial charge in [-0.15, -0.1) is 0 Å². The van der Waals surface area contributed by atoms with E-state index >= 15 is 0 Å². The topological polar surface area (TPSA) is 63.6 Å². The van der Waals surface area contributed by atoms with Crippen molar-refractivity contribution in [2.75, 3.05) is 0 Å².